The number of carbonyl (C=O) groups is 2. The van der Waals surface area contributed by atoms with Gasteiger partial charge in [-0.3, -0.25) is 14.2 Å². The fourth-order valence-electron chi connectivity index (χ4n) is 3.92. The minimum atomic E-state index is -0.211. The summed E-state index contributed by atoms with van der Waals surface area (Å²) in [7, 11) is 1.59. The van der Waals surface area contributed by atoms with E-state index in [-0.39, 0.29) is 24.1 Å². The fraction of sp³-hybridized carbons (Fsp3) is 0.179. The Labute approximate surface area is 233 Å². The maximum Gasteiger partial charge on any atom is 0.251 e. The van der Waals surface area contributed by atoms with Crippen molar-refractivity contribution in [2.75, 3.05) is 18.2 Å². The number of nitrogens with zero attached hydrogens (tertiary/aromatic N) is 4. The number of anilines is 1. The molecule has 2 N–H and O–H groups in total. The number of hydrogen-bond donors (Lipinski definition) is 2. The van der Waals surface area contributed by atoms with Gasteiger partial charge in [0, 0.05) is 5.56 Å². The van der Waals surface area contributed by atoms with Crippen LogP contribution in [0.3, 0.4) is 0 Å². The average molecular weight is 559 g/mol. The van der Waals surface area contributed by atoms with Crippen LogP contribution >= 0.6 is 23.1 Å². The van der Waals surface area contributed by atoms with Crippen LogP contribution < -0.4 is 15.4 Å². The Morgan fingerprint density at radius 2 is 1.79 bits per heavy atom. The lowest BCUT2D eigenvalue weighted by Gasteiger charge is -2.14. The molecule has 0 atom stereocenters. The molecule has 0 unspecified atom stereocenters. The normalized spacial score (nSPS) is 10.9. The summed E-state index contributed by atoms with van der Waals surface area (Å²) in [6.07, 6.45) is 0. The van der Waals surface area contributed by atoms with E-state index in [0.717, 1.165) is 21.3 Å². The third-order valence-corrected chi connectivity index (χ3v) is 7.96. The second-order valence-corrected chi connectivity index (χ2v) is 10.7. The summed E-state index contributed by atoms with van der Waals surface area (Å²) in [6, 6.07) is 20.8. The lowest BCUT2D eigenvalue weighted by atomic mass is 10.1. The predicted octanol–water partition coefficient (Wildman–Crippen LogP) is 5.16. The van der Waals surface area contributed by atoms with Gasteiger partial charge in [0.1, 0.15) is 5.75 Å². The van der Waals surface area contributed by atoms with Gasteiger partial charge in [-0.25, -0.2) is 4.98 Å². The van der Waals surface area contributed by atoms with E-state index >= 15 is 0 Å². The summed E-state index contributed by atoms with van der Waals surface area (Å²) in [5.74, 6) is 0.791. The number of para-hydroxylation sites is 3. The first-order chi connectivity index (χ1) is 18.9. The number of aryl methyl sites for hydroxylation is 2. The van der Waals surface area contributed by atoms with Crippen molar-refractivity contribution in [1.29, 1.82) is 0 Å². The number of aromatic nitrogens is 4. The van der Waals surface area contributed by atoms with E-state index < -0.39 is 0 Å². The quantitative estimate of drug-likeness (QED) is 0.240. The Kier molecular flexibility index (Phi) is 7.89. The number of ether oxygens (including phenoxy) is 1. The highest BCUT2D eigenvalue weighted by Crippen LogP contribution is 2.29. The molecule has 0 radical (unpaired) electrons. The van der Waals surface area contributed by atoms with Crippen LogP contribution in [0.1, 0.15) is 27.3 Å². The molecule has 3 aromatic carbocycles. The topological polar surface area (TPSA) is 111 Å². The van der Waals surface area contributed by atoms with Gasteiger partial charge in [0.05, 0.1) is 35.3 Å². The molecule has 0 bridgehead atoms. The van der Waals surface area contributed by atoms with Crippen molar-refractivity contribution < 1.29 is 14.3 Å². The molecule has 9 nitrogen and oxygen atoms in total. The van der Waals surface area contributed by atoms with Gasteiger partial charge in [-0.2, -0.15) is 0 Å². The SMILES string of the molecule is COc1ccccc1-n1c(CNC(=O)c2ccc(C)c(C)c2)nnc1SCC(=O)Nc1nc2ccccc2s1. The number of fused-ring (bicyclic) bond motifs is 1. The van der Waals surface area contributed by atoms with Gasteiger partial charge in [-0.05, 0) is 61.4 Å². The maximum absolute atomic E-state index is 12.9. The summed E-state index contributed by atoms with van der Waals surface area (Å²) in [6.45, 7) is 4.11. The first kappa shape index (κ1) is 26.4. The van der Waals surface area contributed by atoms with Crippen LogP contribution in [-0.4, -0.2) is 44.4 Å². The third-order valence-electron chi connectivity index (χ3n) is 6.08. The highest BCUT2D eigenvalue weighted by Gasteiger charge is 2.20. The monoisotopic (exact) mass is 558 g/mol. The van der Waals surface area contributed by atoms with Crippen LogP contribution in [0.5, 0.6) is 5.75 Å². The van der Waals surface area contributed by atoms with Crippen molar-refractivity contribution in [3.05, 3.63) is 89.2 Å². The number of amides is 2. The number of nitrogens with one attached hydrogen (secondary N) is 2. The minimum absolute atomic E-state index is 0.0954. The molecule has 5 rings (SSSR count). The maximum atomic E-state index is 12.9. The Balaban J connectivity index is 1.34. The molecule has 5 aromatic rings. The van der Waals surface area contributed by atoms with Gasteiger partial charge in [0.25, 0.3) is 5.91 Å². The van der Waals surface area contributed by atoms with Gasteiger partial charge >= 0.3 is 0 Å². The number of thioether (sulfide) groups is 1. The molecular weight excluding hydrogens is 532 g/mol. The van der Waals surface area contributed by atoms with Gasteiger partial charge < -0.3 is 15.4 Å². The van der Waals surface area contributed by atoms with Crippen LogP contribution in [-0.2, 0) is 11.3 Å². The molecule has 2 aromatic heterocycles. The van der Waals surface area contributed by atoms with Gasteiger partial charge in [-0.15, -0.1) is 10.2 Å². The lowest BCUT2D eigenvalue weighted by Crippen LogP contribution is -2.25. The molecule has 0 spiro atoms. The van der Waals surface area contributed by atoms with Crippen molar-refractivity contribution in [2.24, 2.45) is 0 Å². The molecule has 0 fully saturated rings. The number of hydrogen-bond acceptors (Lipinski definition) is 8. The van der Waals surface area contributed by atoms with E-state index in [9.17, 15) is 9.59 Å². The minimum Gasteiger partial charge on any atom is -0.495 e. The average Bonchev–Trinajstić information content (AvgIpc) is 3.55. The molecule has 2 amide bonds. The van der Waals surface area contributed by atoms with Gasteiger partial charge in [0.2, 0.25) is 5.91 Å². The Bertz CT molecular complexity index is 1630. The first-order valence-corrected chi connectivity index (χ1v) is 13.9. The Hall–Kier alpha value is -4.22. The van der Waals surface area contributed by atoms with Crippen LogP contribution in [0, 0.1) is 13.8 Å². The van der Waals surface area contributed by atoms with Crippen LogP contribution in [0.2, 0.25) is 0 Å². The number of rotatable bonds is 9. The second kappa shape index (κ2) is 11.7. The van der Waals surface area contributed by atoms with E-state index in [2.05, 4.69) is 25.8 Å². The molecule has 0 aliphatic rings. The zero-order chi connectivity index (χ0) is 27.4. The molecule has 0 aliphatic carbocycles. The summed E-state index contributed by atoms with van der Waals surface area (Å²) < 4.78 is 8.38. The molecule has 39 heavy (non-hydrogen) atoms. The summed E-state index contributed by atoms with van der Waals surface area (Å²) >= 11 is 2.66. The van der Waals surface area contributed by atoms with Gasteiger partial charge in [0.15, 0.2) is 16.1 Å². The highest BCUT2D eigenvalue weighted by molar-refractivity contribution is 7.99. The lowest BCUT2D eigenvalue weighted by molar-refractivity contribution is -0.113. The van der Waals surface area contributed by atoms with E-state index in [1.54, 1.807) is 17.7 Å². The molecule has 0 saturated heterocycles. The van der Waals surface area contributed by atoms with Crippen molar-refractivity contribution in [2.45, 2.75) is 25.5 Å². The first-order valence-electron chi connectivity index (χ1n) is 12.1. The standard InChI is InChI=1S/C28H26N6O3S2/c1-17-12-13-19(14-18(17)2)26(36)29-15-24-32-33-28(34(24)21-9-5-6-10-22(21)37-3)38-16-25(35)31-27-30-20-8-4-7-11-23(20)39-27/h4-14H,15-16H2,1-3H3,(H,29,36)(H,30,31,35). The van der Waals surface area contributed by atoms with Crippen LogP contribution in [0.25, 0.3) is 15.9 Å². The summed E-state index contributed by atoms with van der Waals surface area (Å²) in [5.41, 5.74) is 4.28. The van der Waals surface area contributed by atoms with E-state index in [0.29, 0.717) is 33.1 Å². The zero-order valence-corrected chi connectivity index (χ0v) is 23.2. The molecule has 198 valence electrons. The van der Waals surface area contributed by atoms with Crippen molar-refractivity contribution >= 4 is 50.3 Å². The largest absolute Gasteiger partial charge is 0.495 e. The number of methoxy groups -OCH3 is 1. The summed E-state index contributed by atoms with van der Waals surface area (Å²) in [5, 5.41) is 15.5. The van der Waals surface area contributed by atoms with Gasteiger partial charge in [-0.1, -0.05) is 53.4 Å². The molecule has 11 heteroatoms. The highest BCUT2D eigenvalue weighted by atomic mass is 32.2. The molecule has 0 aliphatic heterocycles. The Morgan fingerprint density at radius 1 is 1.00 bits per heavy atom. The van der Waals surface area contributed by atoms with Crippen molar-refractivity contribution in [3.8, 4) is 11.4 Å². The fourth-order valence-corrected chi connectivity index (χ4v) is 5.57. The predicted molar refractivity (Wildman–Crippen MR) is 154 cm³/mol. The van der Waals surface area contributed by atoms with Crippen molar-refractivity contribution in [1.82, 2.24) is 25.1 Å². The summed E-state index contributed by atoms with van der Waals surface area (Å²) in [4.78, 5) is 30.1. The van der Waals surface area contributed by atoms with Crippen LogP contribution in [0.4, 0.5) is 5.13 Å². The van der Waals surface area contributed by atoms with Crippen LogP contribution in [0.15, 0.2) is 71.9 Å². The molecular formula is C28H26N6O3S2. The number of thiazole rings is 1. The Morgan fingerprint density at radius 3 is 2.59 bits per heavy atom. The number of carbonyl (C=O) groups excluding carboxylic acids is 2. The van der Waals surface area contributed by atoms with E-state index in [1.807, 2.05) is 74.5 Å². The van der Waals surface area contributed by atoms with E-state index in [4.69, 9.17) is 4.74 Å². The second-order valence-electron chi connectivity index (χ2n) is 8.71. The zero-order valence-electron chi connectivity index (χ0n) is 21.6. The number of benzene rings is 3. The molecule has 2 heterocycles. The van der Waals surface area contributed by atoms with E-state index in [1.165, 1.54) is 23.1 Å². The molecule has 0 saturated carbocycles. The van der Waals surface area contributed by atoms with Crippen molar-refractivity contribution in [3.63, 3.8) is 0 Å². The smallest absolute Gasteiger partial charge is 0.251 e. The third kappa shape index (κ3) is 5.94.